The van der Waals surface area contributed by atoms with Gasteiger partial charge in [-0.05, 0) is 19.8 Å². The fraction of sp³-hybridized carbons (Fsp3) is 0.750. The molecule has 0 N–H and O–H groups in total. The molecule has 0 aromatic heterocycles. The fourth-order valence-electron chi connectivity index (χ4n) is 2.75. The topological polar surface area (TPSA) is 84.0 Å². The smallest absolute Gasteiger partial charge is 0.334 e. The molecule has 0 spiro atoms. The Labute approximate surface area is 155 Å². The summed E-state index contributed by atoms with van der Waals surface area (Å²) in [6.07, 6.45) is 2.45. The second kappa shape index (κ2) is 9.47. The monoisotopic (exact) mass is 388 g/mol. The van der Waals surface area contributed by atoms with Gasteiger partial charge in [-0.3, -0.25) is 14.4 Å². The molecule has 25 heavy (non-hydrogen) atoms. The van der Waals surface area contributed by atoms with E-state index in [1.165, 1.54) is 10.8 Å². The molecule has 0 aromatic rings. The normalized spacial score (nSPS) is 21.8. The molecule has 0 unspecified atom stereocenters. The Morgan fingerprint density at radius 1 is 1.24 bits per heavy atom. The number of hydroxylamine groups is 2. The van der Waals surface area contributed by atoms with Gasteiger partial charge in [-0.25, -0.2) is 4.79 Å². The molecule has 140 valence electrons. The van der Waals surface area contributed by atoms with E-state index in [-0.39, 0.29) is 31.1 Å². The van der Waals surface area contributed by atoms with Crippen molar-refractivity contribution in [1.29, 1.82) is 0 Å². The van der Waals surface area contributed by atoms with Crippen molar-refractivity contribution in [2.45, 2.75) is 52.0 Å². The zero-order valence-electron chi connectivity index (χ0n) is 14.6. The maximum atomic E-state index is 12.3. The quantitative estimate of drug-likeness (QED) is 0.357. The lowest BCUT2D eigenvalue weighted by Crippen LogP contribution is -2.38. The average molecular weight is 389 g/mol. The minimum Gasteiger partial charge on any atom is -0.340 e. The summed E-state index contributed by atoms with van der Waals surface area (Å²) in [7, 11) is 3.04. The van der Waals surface area contributed by atoms with Crippen LogP contribution in [0, 0.1) is 5.92 Å². The number of hydrogen-bond acceptors (Lipinski definition) is 7. The van der Waals surface area contributed by atoms with Gasteiger partial charge in [0, 0.05) is 42.9 Å². The highest BCUT2D eigenvalue weighted by atomic mass is 33.1. The maximum absolute atomic E-state index is 12.3. The molecule has 7 nitrogen and oxygen atoms in total. The number of hydrogen-bond donors (Lipinski definition) is 0. The zero-order chi connectivity index (χ0) is 18.4. The van der Waals surface area contributed by atoms with E-state index in [1.54, 1.807) is 10.8 Å². The first-order valence-electron chi connectivity index (χ1n) is 8.51. The van der Waals surface area contributed by atoms with Crippen molar-refractivity contribution in [3.63, 3.8) is 0 Å². The fourth-order valence-corrected chi connectivity index (χ4v) is 5.07. The van der Waals surface area contributed by atoms with Crippen LogP contribution in [0.15, 0.2) is 0 Å². The van der Waals surface area contributed by atoms with E-state index >= 15 is 0 Å². The van der Waals surface area contributed by atoms with Gasteiger partial charge in [-0.2, -0.15) is 0 Å². The Hall–Kier alpha value is -1.22. The van der Waals surface area contributed by atoms with Crippen molar-refractivity contribution in [2.75, 3.05) is 18.1 Å². The molecule has 9 heteroatoms. The van der Waals surface area contributed by atoms with Crippen LogP contribution in [0.1, 0.15) is 46.0 Å². The van der Waals surface area contributed by atoms with Gasteiger partial charge >= 0.3 is 5.97 Å². The lowest BCUT2D eigenvalue weighted by atomic mass is 10.1. The van der Waals surface area contributed by atoms with E-state index in [1.807, 2.05) is 11.8 Å². The van der Waals surface area contributed by atoms with Crippen molar-refractivity contribution >= 4 is 45.3 Å². The largest absolute Gasteiger partial charge is 0.340 e. The van der Waals surface area contributed by atoms with Gasteiger partial charge < -0.3 is 9.74 Å². The molecule has 0 aliphatic carbocycles. The number of amides is 3. The number of carbonyl (C=O) groups excluding carboxylic acids is 4. The molecule has 0 radical (unpaired) electrons. The van der Waals surface area contributed by atoms with E-state index < -0.39 is 17.8 Å². The summed E-state index contributed by atoms with van der Waals surface area (Å²) >= 11 is 0. The highest BCUT2D eigenvalue weighted by molar-refractivity contribution is 8.76. The number of rotatable bonds is 8. The standard InChI is InChI=1S/C16H24N2O5S2/c1-11(16(22)17-8-3-4-12(17)2)10-25-24-9-7-15(21)23-18-13(19)5-6-14(18)20/h11-12H,3-10H2,1-2H3/t11-,12-/m1/s1. The number of nitrogens with zero attached hydrogens (tertiary/aromatic N) is 2. The first-order chi connectivity index (χ1) is 11.9. The Balaban J connectivity index is 1.58. The summed E-state index contributed by atoms with van der Waals surface area (Å²) in [4.78, 5) is 53.4. The summed E-state index contributed by atoms with van der Waals surface area (Å²) < 4.78 is 0. The molecule has 2 fully saturated rings. The Bertz CT molecular complexity index is 527. The molecule has 3 amide bonds. The summed E-state index contributed by atoms with van der Waals surface area (Å²) in [5.74, 6) is -0.196. The minimum absolute atomic E-state index is 0.0511. The average Bonchev–Trinajstić information content (AvgIpc) is 3.14. The van der Waals surface area contributed by atoms with Crippen LogP contribution in [-0.2, 0) is 24.0 Å². The third-order valence-corrected chi connectivity index (χ3v) is 6.83. The summed E-state index contributed by atoms with van der Waals surface area (Å²) in [6, 6.07) is 0.332. The SMILES string of the molecule is C[C@H](CSSCCC(=O)ON1C(=O)CCC1=O)C(=O)N1CCC[C@H]1C. The molecule has 0 saturated carbocycles. The van der Waals surface area contributed by atoms with Crippen molar-refractivity contribution < 1.29 is 24.0 Å². The number of carbonyl (C=O) groups is 4. The number of likely N-dealkylation sites (tertiary alicyclic amines) is 1. The van der Waals surface area contributed by atoms with Crippen molar-refractivity contribution in [3.05, 3.63) is 0 Å². The van der Waals surface area contributed by atoms with Crippen LogP contribution >= 0.6 is 21.6 Å². The van der Waals surface area contributed by atoms with Crippen LogP contribution in [0.2, 0.25) is 0 Å². The first-order valence-corrected chi connectivity index (χ1v) is 11.0. The van der Waals surface area contributed by atoms with Gasteiger partial charge in [0.1, 0.15) is 0 Å². The Morgan fingerprint density at radius 3 is 2.52 bits per heavy atom. The van der Waals surface area contributed by atoms with Crippen LogP contribution in [0.5, 0.6) is 0 Å². The Morgan fingerprint density at radius 2 is 1.92 bits per heavy atom. The molecule has 2 aliphatic heterocycles. The van der Waals surface area contributed by atoms with Gasteiger partial charge in [-0.1, -0.05) is 28.5 Å². The van der Waals surface area contributed by atoms with Crippen molar-refractivity contribution in [3.8, 4) is 0 Å². The van der Waals surface area contributed by atoms with Crippen LogP contribution in [0.3, 0.4) is 0 Å². The van der Waals surface area contributed by atoms with Gasteiger partial charge in [0.15, 0.2) is 0 Å². The predicted octanol–water partition coefficient (Wildman–Crippen LogP) is 2.01. The van der Waals surface area contributed by atoms with Crippen LogP contribution in [-0.4, -0.2) is 57.7 Å². The van der Waals surface area contributed by atoms with Crippen molar-refractivity contribution in [2.24, 2.45) is 5.92 Å². The molecule has 2 rings (SSSR count). The van der Waals surface area contributed by atoms with E-state index in [0.717, 1.165) is 19.4 Å². The minimum atomic E-state index is -0.591. The van der Waals surface area contributed by atoms with Gasteiger partial charge in [0.25, 0.3) is 11.8 Å². The van der Waals surface area contributed by atoms with Gasteiger partial charge in [0.05, 0.1) is 6.42 Å². The van der Waals surface area contributed by atoms with E-state index in [0.29, 0.717) is 22.6 Å². The van der Waals surface area contributed by atoms with Gasteiger partial charge in [-0.15, -0.1) is 5.06 Å². The van der Waals surface area contributed by atoms with E-state index in [4.69, 9.17) is 4.84 Å². The van der Waals surface area contributed by atoms with Crippen molar-refractivity contribution in [1.82, 2.24) is 9.96 Å². The highest BCUT2D eigenvalue weighted by Crippen LogP contribution is 2.27. The highest BCUT2D eigenvalue weighted by Gasteiger charge is 2.32. The van der Waals surface area contributed by atoms with Crippen LogP contribution < -0.4 is 0 Å². The molecule has 0 aromatic carbocycles. The molecule has 2 saturated heterocycles. The summed E-state index contributed by atoms with van der Waals surface area (Å²) in [5.41, 5.74) is 0. The maximum Gasteiger partial charge on any atom is 0.334 e. The second-order valence-electron chi connectivity index (χ2n) is 6.33. The molecule has 2 heterocycles. The molecular weight excluding hydrogens is 364 g/mol. The predicted molar refractivity (Wildman–Crippen MR) is 96.3 cm³/mol. The second-order valence-corrected chi connectivity index (χ2v) is 8.95. The summed E-state index contributed by atoms with van der Waals surface area (Å²) in [5, 5.41) is 0.568. The van der Waals surface area contributed by atoms with Crippen LogP contribution in [0.4, 0.5) is 0 Å². The first kappa shape index (κ1) is 20.1. The zero-order valence-corrected chi connectivity index (χ0v) is 16.2. The third-order valence-electron chi connectivity index (χ3n) is 4.25. The van der Waals surface area contributed by atoms with Gasteiger partial charge in [0.2, 0.25) is 5.91 Å². The number of imide groups is 1. The molecule has 2 aliphatic rings. The Kier molecular flexibility index (Phi) is 7.61. The lowest BCUT2D eigenvalue weighted by molar-refractivity contribution is -0.197. The molecular formula is C16H24N2O5S2. The summed E-state index contributed by atoms with van der Waals surface area (Å²) in [6.45, 7) is 4.86. The molecule has 2 atom stereocenters. The van der Waals surface area contributed by atoms with E-state index in [9.17, 15) is 19.2 Å². The lowest BCUT2D eigenvalue weighted by Gasteiger charge is -2.24. The molecule has 0 bridgehead atoms. The third kappa shape index (κ3) is 5.64. The van der Waals surface area contributed by atoms with Crippen LogP contribution in [0.25, 0.3) is 0 Å². The van der Waals surface area contributed by atoms with E-state index in [2.05, 4.69) is 6.92 Å².